The maximum atomic E-state index is 11.8. The van der Waals surface area contributed by atoms with Gasteiger partial charge in [-0.05, 0) is 30.5 Å². The van der Waals surface area contributed by atoms with Crippen molar-refractivity contribution in [2.75, 3.05) is 6.61 Å². The van der Waals surface area contributed by atoms with Gasteiger partial charge in [0.1, 0.15) is 0 Å². The fourth-order valence-corrected chi connectivity index (χ4v) is 1.90. The SMILES string of the molecule is O=C(OC1CCCCO1)c1ccc(CCl)cc1. The van der Waals surface area contributed by atoms with E-state index in [1.54, 1.807) is 12.1 Å². The fourth-order valence-electron chi connectivity index (χ4n) is 1.72. The van der Waals surface area contributed by atoms with Gasteiger partial charge in [-0.15, -0.1) is 11.6 Å². The molecule has 1 saturated heterocycles. The number of carbonyl (C=O) groups is 1. The Morgan fingerprint density at radius 2 is 2.12 bits per heavy atom. The highest BCUT2D eigenvalue weighted by molar-refractivity contribution is 6.17. The second-order valence-corrected chi connectivity index (χ2v) is 4.30. The van der Waals surface area contributed by atoms with Gasteiger partial charge in [0, 0.05) is 12.3 Å². The molecule has 0 N–H and O–H groups in total. The van der Waals surface area contributed by atoms with Crippen LogP contribution < -0.4 is 0 Å². The summed E-state index contributed by atoms with van der Waals surface area (Å²) in [5.41, 5.74) is 1.52. The summed E-state index contributed by atoms with van der Waals surface area (Å²) in [6.45, 7) is 0.670. The third kappa shape index (κ3) is 3.45. The molecule has 1 heterocycles. The lowest BCUT2D eigenvalue weighted by Crippen LogP contribution is -2.25. The Hall–Kier alpha value is -1.06. The topological polar surface area (TPSA) is 35.5 Å². The van der Waals surface area contributed by atoms with E-state index < -0.39 is 0 Å². The maximum Gasteiger partial charge on any atom is 0.340 e. The molecule has 0 saturated carbocycles. The van der Waals surface area contributed by atoms with Crippen LogP contribution in [0.5, 0.6) is 0 Å². The van der Waals surface area contributed by atoms with Crippen LogP contribution in [0.25, 0.3) is 0 Å². The average molecular weight is 255 g/mol. The molecule has 0 aromatic heterocycles. The number of esters is 1. The maximum absolute atomic E-state index is 11.8. The third-order valence-corrected chi connectivity index (χ3v) is 3.03. The molecule has 1 aromatic carbocycles. The highest BCUT2D eigenvalue weighted by atomic mass is 35.5. The molecule has 0 aliphatic carbocycles. The molecule has 4 heteroatoms. The van der Waals surface area contributed by atoms with Crippen molar-refractivity contribution in [3.05, 3.63) is 35.4 Å². The molecule has 1 aromatic rings. The van der Waals surface area contributed by atoms with Gasteiger partial charge in [-0.1, -0.05) is 12.1 Å². The van der Waals surface area contributed by atoms with Crippen molar-refractivity contribution in [2.45, 2.75) is 31.4 Å². The number of ether oxygens (including phenoxy) is 2. The van der Waals surface area contributed by atoms with Crippen LogP contribution >= 0.6 is 11.6 Å². The van der Waals surface area contributed by atoms with E-state index in [0.29, 0.717) is 18.1 Å². The monoisotopic (exact) mass is 254 g/mol. The fraction of sp³-hybridized carbons (Fsp3) is 0.462. The van der Waals surface area contributed by atoms with E-state index in [1.807, 2.05) is 12.1 Å². The van der Waals surface area contributed by atoms with Gasteiger partial charge < -0.3 is 9.47 Å². The molecule has 1 atom stereocenters. The van der Waals surface area contributed by atoms with Crippen molar-refractivity contribution in [1.82, 2.24) is 0 Å². The first-order valence-corrected chi connectivity index (χ1v) is 6.30. The van der Waals surface area contributed by atoms with Crippen LogP contribution in [-0.2, 0) is 15.4 Å². The smallest absolute Gasteiger partial charge is 0.340 e. The van der Waals surface area contributed by atoms with Crippen molar-refractivity contribution in [3.63, 3.8) is 0 Å². The molecule has 17 heavy (non-hydrogen) atoms. The number of rotatable bonds is 3. The summed E-state index contributed by atoms with van der Waals surface area (Å²) < 4.78 is 10.6. The molecule has 1 aliphatic rings. The molecular weight excluding hydrogens is 240 g/mol. The summed E-state index contributed by atoms with van der Waals surface area (Å²) in [5.74, 6) is 0.110. The molecule has 1 fully saturated rings. The van der Waals surface area contributed by atoms with Gasteiger partial charge in [0.05, 0.1) is 12.2 Å². The molecule has 0 bridgehead atoms. The van der Waals surface area contributed by atoms with Crippen LogP contribution in [0.15, 0.2) is 24.3 Å². The van der Waals surface area contributed by atoms with E-state index >= 15 is 0 Å². The standard InChI is InChI=1S/C13H15ClO3/c14-9-10-4-6-11(7-5-10)13(15)17-12-3-1-2-8-16-12/h4-7,12H,1-3,8-9H2. The van der Waals surface area contributed by atoms with Crippen LogP contribution in [0.2, 0.25) is 0 Å². The number of hydrogen-bond donors (Lipinski definition) is 0. The largest absolute Gasteiger partial charge is 0.432 e. The first-order valence-electron chi connectivity index (χ1n) is 5.77. The Labute approximate surface area is 106 Å². The molecule has 1 unspecified atom stereocenters. The molecule has 3 nitrogen and oxygen atoms in total. The molecule has 0 radical (unpaired) electrons. The minimum atomic E-state index is -0.385. The van der Waals surface area contributed by atoms with E-state index in [4.69, 9.17) is 21.1 Å². The van der Waals surface area contributed by atoms with Crippen LogP contribution in [0.3, 0.4) is 0 Å². The van der Waals surface area contributed by atoms with Gasteiger partial charge in [-0.3, -0.25) is 0 Å². The highest BCUT2D eigenvalue weighted by Gasteiger charge is 2.18. The zero-order chi connectivity index (χ0) is 12.1. The number of alkyl halides is 1. The lowest BCUT2D eigenvalue weighted by molar-refractivity contribution is -0.130. The number of carbonyl (C=O) groups excluding carboxylic acids is 1. The summed E-state index contributed by atoms with van der Waals surface area (Å²) >= 11 is 5.68. The summed E-state index contributed by atoms with van der Waals surface area (Å²) in [4.78, 5) is 11.8. The zero-order valence-corrected chi connectivity index (χ0v) is 10.3. The normalized spacial score (nSPS) is 19.9. The predicted octanol–water partition coefficient (Wildman–Crippen LogP) is 3.11. The third-order valence-electron chi connectivity index (χ3n) is 2.72. The second kappa shape index (κ2) is 6.03. The van der Waals surface area contributed by atoms with Gasteiger partial charge in [0.15, 0.2) is 0 Å². The van der Waals surface area contributed by atoms with Crippen molar-refractivity contribution >= 4 is 17.6 Å². The number of halogens is 1. The van der Waals surface area contributed by atoms with Gasteiger partial charge in [-0.2, -0.15) is 0 Å². The van der Waals surface area contributed by atoms with Crippen molar-refractivity contribution in [1.29, 1.82) is 0 Å². The Bertz CT molecular complexity index is 369. The number of benzene rings is 1. The molecule has 0 amide bonds. The lowest BCUT2D eigenvalue weighted by atomic mass is 10.1. The van der Waals surface area contributed by atoms with E-state index in [0.717, 1.165) is 24.8 Å². The quantitative estimate of drug-likeness (QED) is 0.614. The first kappa shape index (κ1) is 12.4. The van der Waals surface area contributed by atoms with Crippen LogP contribution in [0, 0.1) is 0 Å². The van der Waals surface area contributed by atoms with Crippen molar-refractivity contribution < 1.29 is 14.3 Å². The number of hydrogen-bond acceptors (Lipinski definition) is 3. The van der Waals surface area contributed by atoms with Crippen LogP contribution in [0.1, 0.15) is 35.2 Å². The van der Waals surface area contributed by atoms with Gasteiger partial charge >= 0.3 is 5.97 Å². The second-order valence-electron chi connectivity index (χ2n) is 4.03. The van der Waals surface area contributed by atoms with Gasteiger partial charge in [0.2, 0.25) is 6.29 Å². The summed E-state index contributed by atoms with van der Waals surface area (Å²) in [6, 6.07) is 7.10. The Balaban J connectivity index is 1.93. The molecule has 92 valence electrons. The van der Waals surface area contributed by atoms with Crippen LogP contribution in [-0.4, -0.2) is 18.9 Å². The predicted molar refractivity (Wildman–Crippen MR) is 65.0 cm³/mol. The van der Waals surface area contributed by atoms with E-state index in [1.165, 1.54) is 0 Å². The first-order chi connectivity index (χ1) is 8.29. The van der Waals surface area contributed by atoms with Crippen molar-refractivity contribution in [2.24, 2.45) is 0 Å². The molecule has 1 aliphatic heterocycles. The molecular formula is C13H15ClO3. The minimum absolute atomic E-state index is 0.335. The Kier molecular flexibility index (Phi) is 4.40. The van der Waals surface area contributed by atoms with E-state index in [2.05, 4.69) is 0 Å². The summed E-state index contributed by atoms with van der Waals surface area (Å²) in [6.07, 6.45) is 2.48. The van der Waals surface area contributed by atoms with Crippen LogP contribution in [0.4, 0.5) is 0 Å². The van der Waals surface area contributed by atoms with E-state index in [9.17, 15) is 4.79 Å². The minimum Gasteiger partial charge on any atom is -0.432 e. The molecule has 0 spiro atoms. The summed E-state index contributed by atoms with van der Waals surface area (Å²) in [7, 11) is 0. The molecule has 2 rings (SSSR count). The Morgan fingerprint density at radius 3 is 2.71 bits per heavy atom. The Morgan fingerprint density at radius 1 is 1.35 bits per heavy atom. The summed E-state index contributed by atoms with van der Waals surface area (Å²) in [5, 5.41) is 0. The van der Waals surface area contributed by atoms with Gasteiger partial charge in [-0.25, -0.2) is 4.79 Å². The lowest BCUT2D eigenvalue weighted by Gasteiger charge is -2.22. The van der Waals surface area contributed by atoms with E-state index in [-0.39, 0.29) is 12.3 Å². The van der Waals surface area contributed by atoms with Gasteiger partial charge in [0.25, 0.3) is 0 Å². The van der Waals surface area contributed by atoms with Crippen molar-refractivity contribution in [3.8, 4) is 0 Å². The zero-order valence-electron chi connectivity index (χ0n) is 9.52. The average Bonchev–Trinajstić information content (AvgIpc) is 2.40. The highest BCUT2D eigenvalue weighted by Crippen LogP contribution is 2.16.